The first-order chi connectivity index (χ1) is 10.3. The van der Waals surface area contributed by atoms with Gasteiger partial charge in [-0.25, -0.2) is 14.4 Å². The molecule has 0 unspecified atom stereocenters. The molecule has 21 heavy (non-hydrogen) atoms. The molecule has 1 aliphatic rings. The van der Waals surface area contributed by atoms with Crippen molar-refractivity contribution in [1.29, 1.82) is 0 Å². The fourth-order valence-electron chi connectivity index (χ4n) is 2.73. The van der Waals surface area contributed by atoms with E-state index in [2.05, 4.69) is 15.3 Å². The summed E-state index contributed by atoms with van der Waals surface area (Å²) in [5.41, 5.74) is 2.11. The number of anilines is 1. The van der Waals surface area contributed by atoms with Crippen LogP contribution in [-0.4, -0.2) is 16.0 Å². The molecule has 1 saturated carbocycles. The summed E-state index contributed by atoms with van der Waals surface area (Å²) in [5.74, 6) is 1.11. The van der Waals surface area contributed by atoms with Crippen molar-refractivity contribution in [3.63, 3.8) is 0 Å². The highest BCUT2D eigenvalue weighted by Gasteiger charge is 2.38. The van der Waals surface area contributed by atoms with Gasteiger partial charge < -0.3 is 5.32 Å². The van der Waals surface area contributed by atoms with E-state index in [9.17, 15) is 4.39 Å². The third-order valence-corrected chi connectivity index (χ3v) is 3.95. The summed E-state index contributed by atoms with van der Waals surface area (Å²) in [5, 5.41) is 4.51. The normalized spacial score (nSPS) is 20.4. The fourth-order valence-corrected chi connectivity index (χ4v) is 2.73. The molecule has 1 aliphatic carbocycles. The third-order valence-electron chi connectivity index (χ3n) is 3.95. The van der Waals surface area contributed by atoms with Crippen LogP contribution in [0.1, 0.15) is 17.9 Å². The lowest BCUT2D eigenvalue weighted by atomic mass is 10.1. The van der Waals surface area contributed by atoms with Gasteiger partial charge in [-0.2, -0.15) is 0 Å². The number of hydrogen-bond acceptors (Lipinski definition) is 3. The van der Waals surface area contributed by atoms with Crippen LogP contribution in [0.15, 0.2) is 54.9 Å². The maximum Gasteiger partial charge on any atom is 0.137 e. The summed E-state index contributed by atoms with van der Waals surface area (Å²) in [4.78, 5) is 8.61. The van der Waals surface area contributed by atoms with Crippen LogP contribution in [0.25, 0.3) is 10.9 Å². The zero-order valence-corrected chi connectivity index (χ0v) is 11.3. The minimum Gasteiger partial charge on any atom is -0.366 e. The van der Waals surface area contributed by atoms with E-state index in [0.29, 0.717) is 12.0 Å². The minimum absolute atomic E-state index is 0.189. The van der Waals surface area contributed by atoms with Crippen molar-refractivity contribution in [2.75, 3.05) is 5.32 Å². The average Bonchev–Trinajstić information content (AvgIpc) is 3.28. The van der Waals surface area contributed by atoms with Gasteiger partial charge in [0.2, 0.25) is 0 Å². The van der Waals surface area contributed by atoms with Gasteiger partial charge >= 0.3 is 0 Å². The van der Waals surface area contributed by atoms with Gasteiger partial charge in [0.25, 0.3) is 0 Å². The smallest absolute Gasteiger partial charge is 0.137 e. The standard InChI is InChI=1S/C17H14FN3/c18-12-7-5-11(6-8-12)14-9-16(14)21-17-13-3-1-2-4-15(13)19-10-20-17/h1-8,10,14,16H,9H2,(H,19,20,21)/t14-,16+/m0/s1. The fraction of sp³-hybridized carbons (Fsp3) is 0.176. The lowest BCUT2D eigenvalue weighted by Gasteiger charge is -2.08. The van der Waals surface area contributed by atoms with E-state index in [0.717, 1.165) is 23.1 Å². The Morgan fingerprint density at radius 1 is 1.00 bits per heavy atom. The minimum atomic E-state index is -0.189. The quantitative estimate of drug-likeness (QED) is 0.793. The molecule has 0 saturated heterocycles. The van der Waals surface area contributed by atoms with Crippen LogP contribution in [0.2, 0.25) is 0 Å². The molecule has 3 aromatic rings. The highest BCUT2D eigenvalue weighted by molar-refractivity contribution is 5.88. The van der Waals surface area contributed by atoms with Crippen molar-refractivity contribution in [3.05, 3.63) is 66.2 Å². The van der Waals surface area contributed by atoms with Crippen LogP contribution in [0.3, 0.4) is 0 Å². The van der Waals surface area contributed by atoms with Gasteiger partial charge in [0.15, 0.2) is 0 Å². The van der Waals surface area contributed by atoms with Crippen LogP contribution in [0, 0.1) is 5.82 Å². The summed E-state index contributed by atoms with van der Waals surface area (Å²) in [6.07, 6.45) is 2.63. The predicted molar refractivity (Wildman–Crippen MR) is 80.7 cm³/mol. The van der Waals surface area contributed by atoms with Crippen molar-refractivity contribution < 1.29 is 4.39 Å². The average molecular weight is 279 g/mol. The number of aromatic nitrogens is 2. The van der Waals surface area contributed by atoms with E-state index in [1.165, 1.54) is 17.7 Å². The number of benzene rings is 2. The van der Waals surface area contributed by atoms with E-state index < -0.39 is 0 Å². The van der Waals surface area contributed by atoms with Crippen molar-refractivity contribution in [1.82, 2.24) is 9.97 Å². The first-order valence-electron chi connectivity index (χ1n) is 7.03. The van der Waals surface area contributed by atoms with Gasteiger partial charge in [-0.05, 0) is 36.2 Å². The molecule has 4 heteroatoms. The maximum atomic E-state index is 13.0. The molecule has 0 amide bonds. The van der Waals surface area contributed by atoms with Crippen molar-refractivity contribution in [3.8, 4) is 0 Å². The summed E-state index contributed by atoms with van der Waals surface area (Å²) in [6, 6.07) is 15.1. The molecular formula is C17H14FN3. The molecule has 0 spiro atoms. The first-order valence-corrected chi connectivity index (χ1v) is 7.03. The zero-order chi connectivity index (χ0) is 14.2. The Morgan fingerprint density at radius 2 is 1.81 bits per heavy atom. The molecule has 1 heterocycles. The van der Waals surface area contributed by atoms with Gasteiger partial charge in [0.05, 0.1) is 5.52 Å². The second kappa shape index (κ2) is 4.81. The summed E-state index contributed by atoms with van der Waals surface area (Å²) < 4.78 is 13.0. The topological polar surface area (TPSA) is 37.8 Å². The molecule has 0 aliphatic heterocycles. The molecule has 104 valence electrons. The third kappa shape index (κ3) is 2.33. The Balaban J connectivity index is 1.56. The number of nitrogens with zero attached hydrogens (tertiary/aromatic N) is 2. The van der Waals surface area contributed by atoms with Crippen LogP contribution < -0.4 is 5.32 Å². The van der Waals surface area contributed by atoms with Gasteiger partial charge in [0.1, 0.15) is 18.0 Å². The van der Waals surface area contributed by atoms with E-state index in [4.69, 9.17) is 0 Å². The maximum absolute atomic E-state index is 13.0. The molecular weight excluding hydrogens is 265 g/mol. The van der Waals surface area contributed by atoms with Crippen LogP contribution in [0.4, 0.5) is 10.2 Å². The summed E-state index contributed by atoms with van der Waals surface area (Å²) in [7, 11) is 0. The number of halogens is 1. The summed E-state index contributed by atoms with van der Waals surface area (Å²) in [6.45, 7) is 0. The Labute approximate surface area is 121 Å². The molecule has 0 radical (unpaired) electrons. The number of nitrogens with one attached hydrogen (secondary N) is 1. The largest absolute Gasteiger partial charge is 0.366 e. The van der Waals surface area contributed by atoms with E-state index in [1.807, 2.05) is 36.4 Å². The molecule has 3 nitrogen and oxygen atoms in total. The first kappa shape index (κ1) is 12.3. The lowest BCUT2D eigenvalue weighted by molar-refractivity contribution is 0.627. The number of rotatable bonds is 3. The van der Waals surface area contributed by atoms with E-state index >= 15 is 0 Å². The molecule has 2 aromatic carbocycles. The van der Waals surface area contributed by atoms with Crippen molar-refractivity contribution in [2.45, 2.75) is 18.4 Å². The number of para-hydroxylation sites is 1. The second-order valence-corrected chi connectivity index (χ2v) is 5.38. The Hall–Kier alpha value is -2.49. The van der Waals surface area contributed by atoms with Crippen LogP contribution in [0.5, 0.6) is 0 Å². The SMILES string of the molecule is Fc1ccc([C@@H]2C[C@H]2Nc2ncnc3ccccc23)cc1. The molecule has 4 rings (SSSR count). The molecule has 2 atom stereocenters. The Kier molecular flexibility index (Phi) is 2.81. The van der Waals surface area contributed by atoms with Crippen LogP contribution >= 0.6 is 0 Å². The van der Waals surface area contributed by atoms with Gasteiger partial charge in [-0.1, -0.05) is 24.3 Å². The van der Waals surface area contributed by atoms with Crippen molar-refractivity contribution in [2.24, 2.45) is 0 Å². The second-order valence-electron chi connectivity index (χ2n) is 5.38. The highest BCUT2D eigenvalue weighted by Crippen LogP contribution is 2.43. The lowest BCUT2D eigenvalue weighted by Crippen LogP contribution is -2.06. The van der Waals surface area contributed by atoms with Crippen molar-refractivity contribution >= 4 is 16.7 Å². The van der Waals surface area contributed by atoms with Gasteiger partial charge in [0, 0.05) is 17.3 Å². The van der Waals surface area contributed by atoms with Crippen LogP contribution in [-0.2, 0) is 0 Å². The van der Waals surface area contributed by atoms with E-state index in [1.54, 1.807) is 6.33 Å². The van der Waals surface area contributed by atoms with Gasteiger partial charge in [-0.3, -0.25) is 0 Å². The number of hydrogen-bond donors (Lipinski definition) is 1. The molecule has 1 aromatic heterocycles. The molecule has 1 fully saturated rings. The predicted octanol–water partition coefficient (Wildman–Crippen LogP) is 3.74. The van der Waals surface area contributed by atoms with E-state index in [-0.39, 0.29) is 5.82 Å². The highest BCUT2D eigenvalue weighted by atomic mass is 19.1. The number of fused-ring (bicyclic) bond motifs is 1. The zero-order valence-electron chi connectivity index (χ0n) is 11.3. The molecule has 0 bridgehead atoms. The molecule has 1 N–H and O–H groups in total. The monoisotopic (exact) mass is 279 g/mol. The Morgan fingerprint density at radius 3 is 2.67 bits per heavy atom. The Bertz CT molecular complexity index is 780. The summed E-state index contributed by atoms with van der Waals surface area (Å²) >= 11 is 0. The van der Waals surface area contributed by atoms with Gasteiger partial charge in [-0.15, -0.1) is 0 Å².